The molecule has 1 nitrogen and oxygen atoms in total. The van der Waals surface area contributed by atoms with Gasteiger partial charge in [0.25, 0.3) is 0 Å². The van der Waals surface area contributed by atoms with Crippen LogP contribution in [-0.2, 0) is 6.54 Å². The normalized spacial score (nSPS) is 15.9. The fraction of sp³-hybridized carbons (Fsp3) is 0.400. The monoisotopic (exact) mass is 279 g/mol. The van der Waals surface area contributed by atoms with Crippen molar-refractivity contribution in [1.82, 2.24) is 5.32 Å². The van der Waals surface area contributed by atoms with Gasteiger partial charge in [-0.25, -0.2) is 0 Å². The second kappa shape index (κ2) is 6.91. The van der Waals surface area contributed by atoms with E-state index in [0.29, 0.717) is 5.92 Å². The lowest BCUT2D eigenvalue weighted by atomic mass is 9.98. The van der Waals surface area contributed by atoms with Crippen LogP contribution in [0.25, 0.3) is 0 Å². The van der Waals surface area contributed by atoms with Gasteiger partial charge in [0, 0.05) is 6.54 Å². The summed E-state index contributed by atoms with van der Waals surface area (Å²) in [5, 5.41) is 3.59. The van der Waals surface area contributed by atoms with Crippen molar-refractivity contribution in [3.63, 3.8) is 0 Å². The highest BCUT2D eigenvalue weighted by molar-refractivity contribution is 5.29. The molecule has 0 aromatic heterocycles. The summed E-state index contributed by atoms with van der Waals surface area (Å²) in [7, 11) is 0. The molecule has 110 valence electrons. The molecular weight excluding hydrogens is 254 g/mol. The molecule has 0 aliphatic heterocycles. The molecule has 0 radical (unpaired) electrons. The highest BCUT2D eigenvalue weighted by atomic mass is 14.8. The van der Waals surface area contributed by atoms with Gasteiger partial charge in [-0.1, -0.05) is 61.5 Å². The van der Waals surface area contributed by atoms with Crippen LogP contribution in [0.4, 0.5) is 0 Å². The molecule has 1 heteroatoms. The SMILES string of the molecule is CC(CCNCc1cccc(C2CC2)c1)c1ccccc1. The van der Waals surface area contributed by atoms with Crippen molar-refractivity contribution in [3.05, 3.63) is 71.3 Å². The molecular formula is C20H25N. The topological polar surface area (TPSA) is 12.0 Å². The van der Waals surface area contributed by atoms with Gasteiger partial charge in [-0.05, 0) is 54.3 Å². The van der Waals surface area contributed by atoms with E-state index in [9.17, 15) is 0 Å². The average Bonchev–Trinajstić information content (AvgIpc) is 3.37. The lowest BCUT2D eigenvalue weighted by molar-refractivity contribution is 0.594. The number of hydrogen-bond acceptors (Lipinski definition) is 1. The van der Waals surface area contributed by atoms with Crippen LogP contribution in [0.5, 0.6) is 0 Å². The lowest BCUT2D eigenvalue weighted by Crippen LogP contribution is -2.16. The molecule has 2 aromatic carbocycles. The Hall–Kier alpha value is -1.60. The van der Waals surface area contributed by atoms with Crippen LogP contribution >= 0.6 is 0 Å². The zero-order chi connectivity index (χ0) is 14.5. The molecule has 21 heavy (non-hydrogen) atoms. The van der Waals surface area contributed by atoms with E-state index in [1.54, 1.807) is 0 Å². The van der Waals surface area contributed by atoms with E-state index < -0.39 is 0 Å². The predicted molar refractivity (Wildman–Crippen MR) is 89.6 cm³/mol. The standard InChI is InChI=1S/C20H25N/c1-16(18-7-3-2-4-8-18)12-13-21-15-17-6-5-9-20(14-17)19-10-11-19/h2-9,14,16,19,21H,10-13,15H2,1H3. The zero-order valence-corrected chi connectivity index (χ0v) is 12.9. The van der Waals surface area contributed by atoms with Crippen molar-refractivity contribution in [2.24, 2.45) is 0 Å². The maximum absolute atomic E-state index is 3.59. The molecule has 0 spiro atoms. The molecule has 2 aromatic rings. The number of rotatable bonds is 7. The van der Waals surface area contributed by atoms with Gasteiger partial charge < -0.3 is 5.32 Å². The third kappa shape index (κ3) is 4.18. The second-order valence-electron chi connectivity index (χ2n) is 6.30. The molecule has 1 aliphatic rings. The van der Waals surface area contributed by atoms with Gasteiger partial charge in [0.05, 0.1) is 0 Å². The van der Waals surface area contributed by atoms with E-state index in [1.165, 1.54) is 36.0 Å². The van der Waals surface area contributed by atoms with Gasteiger partial charge in [0.2, 0.25) is 0 Å². The molecule has 1 fully saturated rings. The van der Waals surface area contributed by atoms with Crippen LogP contribution in [0.15, 0.2) is 54.6 Å². The Morgan fingerprint density at radius 3 is 2.62 bits per heavy atom. The van der Waals surface area contributed by atoms with E-state index in [-0.39, 0.29) is 0 Å². The Bertz CT molecular complexity index is 557. The third-order valence-electron chi connectivity index (χ3n) is 4.45. The van der Waals surface area contributed by atoms with Gasteiger partial charge in [0.1, 0.15) is 0 Å². The maximum Gasteiger partial charge on any atom is 0.0205 e. The lowest BCUT2D eigenvalue weighted by Gasteiger charge is -2.12. The van der Waals surface area contributed by atoms with E-state index in [0.717, 1.165) is 19.0 Å². The maximum atomic E-state index is 3.59. The highest BCUT2D eigenvalue weighted by Gasteiger charge is 2.23. The minimum absolute atomic E-state index is 0.622. The van der Waals surface area contributed by atoms with E-state index >= 15 is 0 Å². The molecule has 0 heterocycles. The largest absolute Gasteiger partial charge is 0.313 e. The van der Waals surface area contributed by atoms with E-state index in [2.05, 4.69) is 66.8 Å². The number of hydrogen-bond donors (Lipinski definition) is 1. The summed E-state index contributed by atoms with van der Waals surface area (Å²) in [6.07, 6.45) is 3.95. The summed E-state index contributed by atoms with van der Waals surface area (Å²) >= 11 is 0. The number of benzene rings is 2. The summed E-state index contributed by atoms with van der Waals surface area (Å²) in [5.41, 5.74) is 4.40. The van der Waals surface area contributed by atoms with Crippen LogP contribution in [0.2, 0.25) is 0 Å². The molecule has 0 bridgehead atoms. The molecule has 1 aliphatic carbocycles. The molecule has 1 N–H and O–H groups in total. The fourth-order valence-corrected chi connectivity index (χ4v) is 2.87. The first-order valence-corrected chi connectivity index (χ1v) is 8.17. The van der Waals surface area contributed by atoms with Crippen molar-refractivity contribution < 1.29 is 0 Å². The Morgan fingerprint density at radius 1 is 1.05 bits per heavy atom. The first-order chi connectivity index (χ1) is 10.3. The fourth-order valence-electron chi connectivity index (χ4n) is 2.87. The summed E-state index contributed by atoms with van der Waals surface area (Å²) in [6.45, 7) is 4.37. The summed E-state index contributed by atoms with van der Waals surface area (Å²) < 4.78 is 0. The van der Waals surface area contributed by atoms with Crippen LogP contribution in [0, 0.1) is 0 Å². The highest BCUT2D eigenvalue weighted by Crippen LogP contribution is 2.40. The number of nitrogens with one attached hydrogen (secondary N) is 1. The van der Waals surface area contributed by atoms with Crippen molar-refractivity contribution in [2.45, 2.75) is 44.6 Å². The quantitative estimate of drug-likeness (QED) is 0.715. The molecule has 1 atom stereocenters. The average molecular weight is 279 g/mol. The summed E-state index contributed by atoms with van der Waals surface area (Å²) in [4.78, 5) is 0. The van der Waals surface area contributed by atoms with Crippen LogP contribution in [0.3, 0.4) is 0 Å². The van der Waals surface area contributed by atoms with Crippen molar-refractivity contribution >= 4 is 0 Å². The molecule has 0 saturated heterocycles. The summed E-state index contributed by atoms with van der Waals surface area (Å²) in [5.74, 6) is 1.47. The minimum atomic E-state index is 0.622. The van der Waals surface area contributed by atoms with Crippen LogP contribution in [-0.4, -0.2) is 6.54 Å². The minimum Gasteiger partial charge on any atom is -0.313 e. The zero-order valence-electron chi connectivity index (χ0n) is 12.9. The van der Waals surface area contributed by atoms with Crippen molar-refractivity contribution in [1.29, 1.82) is 0 Å². The second-order valence-corrected chi connectivity index (χ2v) is 6.30. The Kier molecular flexibility index (Phi) is 4.72. The molecule has 1 saturated carbocycles. The first-order valence-electron chi connectivity index (χ1n) is 8.17. The van der Waals surface area contributed by atoms with Crippen molar-refractivity contribution in [3.8, 4) is 0 Å². The van der Waals surface area contributed by atoms with Gasteiger partial charge >= 0.3 is 0 Å². The van der Waals surface area contributed by atoms with E-state index in [4.69, 9.17) is 0 Å². The van der Waals surface area contributed by atoms with Gasteiger partial charge in [-0.15, -0.1) is 0 Å². The van der Waals surface area contributed by atoms with Crippen LogP contribution < -0.4 is 5.32 Å². The Labute approximate surface area is 128 Å². The molecule has 0 amide bonds. The first kappa shape index (κ1) is 14.3. The van der Waals surface area contributed by atoms with Crippen LogP contribution in [0.1, 0.15) is 54.7 Å². The van der Waals surface area contributed by atoms with Gasteiger partial charge in [-0.2, -0.15) is 0 Å². The third-order valence-corrected chi connectivity index (χ3v) is 4.45. The summed E-state index contributed by atoms with van der Waals surface area (Å²) in [6, 6.07) is 19.9. The Morgan fingerprint density at radius 2 is 1.86 bits per heavy atom. The van der Waals surface area contributed by atoms with E-state index in [1.807, 2.05) is 0 Å². The smallest absolute Gasteiger partial charge is 0.0205 e. The predicted octanol–water partition coefficient (Wildman–Crippen LogP) is 4.85. The van der Waals surface area contributed by atoms with Gasteiger partial charge in [-0.3, -0.25) is 0 Å². The van der Waals surface area contributed by atoms with Crippen molar-refractivity contribution in [2.75, 3.05) is 6.54 Å². The van der Waals surface area contributed by atoms with Gasteiger partial charge in [0.15, 0.2) is 0 Å². The molecule has 1 unspecified atom stereocenters. The molecule has 3 rings (SSSR count). The Balaban J connectivity index is 1.43.